The molecule has 0 aliphatic heterocycles. The van der Waals surface area contributed by atoms with Crippen molar-refractivity contribution in [3.8, 4) is 5.75 Å². The van der Waals surface area contributed by atoms with Crippen molar-refractivity contribution in [3.63, 3.8) is 0 Å². The molecule has 0 fully saturated rings. The fraction of sp³-hybridized carbons (Fsp3) is 0.125. The van der Waals surface area contributed by atoms with Crippen molar-refractivity contribution < 1.29 is 44.2 Å². The predicted molar refractivity (Wildman–Crippen MR) is 37.3 cm³/mol. The van der Waals surface area contributed by atoms with Gasteiger partial charge in [-0.25, -0.2) is 0 Å². The van der Waals surface area contributed by atoms with E-state index in [0.717, 1.165) is 0 Å². The zero-order valence-corrected chi connectivity index (χ0v) is 9.03. The van der Waals surface area contributed by atoms with Crippen LogP contribution in [0.1, 0.15) is 10.4 Å². The Bertz CT molecular complexity index is 256. The maximum Gasteiger partial charge on any atom is 1.00 e. The average Bonchev–Trinajstić information content (AvgIpc) is 2.05. The number of carboxylic acids is 1. The third-order valence-electron chi connectivity index (χ3n) is 1.33. The van der Waals surface area contributed by atoms with Crippen LogP contribution >= 0.6 is 0 Å². The minimum atomic E-state index is -1.17. The maximum absolute atomic E-state index is 10.2. The number of carboxylic acid groups (broad SMARTS) is 1. The number of methoxy groups -OCH3 is 1. The monoisotopic (exact) mass is 174 g/mol. The van der Waals surface area contributed by atoms with E-state index in [1.807, 2.05) is 0 Å². The number of rotatable bonds is 2. The van der Waals surface area contributed by atoms with Gasteiger partial charge in [0.15, 0.2) is 0 Å². The molecule has 0 aromatic heterocycles. The second kappa shape index (κ2) is 5.19. The Labute approximate surface area is 92.6 Å². The average molecular weight is 174 g/mol. The van der Waals surface area contributed by atoms with Gasteiger partial charge in [-0.15, -0.1) is 0 Å². The van der Waals surface area contributed by atoms with Gasteiger partial charge in [-0.05, 0) is 29.8 Å². The van der Waals surface area contributed by atoms with Crippen molar-refractivity contribution >= 4 is 5.97 Å². The molecule has 0 saturated carbocycles. The van der Waals surface area contributed by atoms with Crippen LogP contribution in [0, 0.1) is 0 Å². The van der Waals surface area contributed by atoms with Crippen LogP contribution in [0.4, 0.5) is 0 Å². The first-order valence-corrected chi connectivity index (χ1v) is 3.09. The van der Waals surface area contributed by atoms with Crippen LogP contribution in [-0.4, -0.2) is 13.1 Å². The second-order valence-corrected chi connectivity index (χ2v) is 2.02. The van der Waals surface area contributed by atoms with E-state index in [-0.39, 0.29) is 35.1 Å². The molecule has 0 bridgehead atoms. The molecule has 0 amide bonds. The molecule has 1 rings (SSSR count). The number of carbonyl (C=O) groups excluding carboxylic acids is 1. The molecule has 0 radical (unpaired) electrons. The Morgan fingerprint density at radius 3 is 2.17 bits per heavy atom. The first-order valence-electron chi connectivity index (χ1n) is 3.09. The van der Waals surface area contributed by atoms with E-state index >= 15 is 0 Å². The smallest absolute Gasteiger partial charge is 0.545 e. The van der Waals surface area contributed by atoms with Gasteiger partial charge in [0.2, 0.25) is 0 Å². The van der Waals surface area contributed by atoms with E-state index in [2.05, 4.69) is 0 Å². The predicted octanol–water partition coefficient (Wildman–Crippen LogP) is -2.94. The van der Waals surface area contributed by atoms with Crippen molar-refractivity contribution in [2.75, 3.05) is 7.11 Å². The van der Waals surface area contributed by atoms with Gasteiger partial charge < -0.3 is 14.6 Å². The van der Waals surface area contributed by atoms with E-state index in [0.29, 0.717) is 5.75 Å². The van der Waals surface area contributed by atoms with Crippen LogP contribution < -0.4 is 39.4 Å². The van der Waals surface area contributed by atoms with Crippen LogP contribution in [0.5, 0.6) is 5.75 Å². The normalized spacial score (nSPS) is 8.42. The number of ether oxygens (including phenoxy) is 1. The van der Waals surface area contributed by atoms with Crippen LogP contribution in [0.15, 0.2) is 24.3 Å². The molecule has 0 aliphatic rings. The maximum atomic E-state index is 10.2. The number of aromatic carboxylic acids is 1. The van der Waals surface area contributed by atoms with Gasteiger partial charge in [-0.3, -0.25) is 0 Å². The van der Waals surface area contributed by atoms with Crippen molar-refractivity contribution in [2.24, 2.45) is 0 Å². The number of carbonyl (C=O) groups is 1. The van der Waals surface area contributed by atoms with Gasteiger partial charge >= 0.3 is 29.6 Å². The molecule has 0 aliphatic carbocycles. The first kappa shape index (κ1) is 11.5. The van der Waals surface area contributed by atoms with Gasteiger partial charge in [0.1, 0.15) is 5.75 Å². The molecule has 0 saturated heterocycles. The molecule has 1 aromatic rings. The summed E-state index contributed by atoms with van der Waals surface area (Å²) in [6.45, 7) is 0. The molecule has 3 nitrogen and oxygen atoms in total. The van der Waals surface area contributed by atoms with Gasteiger partial charge in [0.05, 0.1) is 13.1 Å². The van der Waals surface area contributed by atoms with Gasteiger partial charge in [-0.1, -0.05) is 0 Å². The standard InChI is InChI=1S/C8H8O3.Na/c1-11-7-4-2-6(3-5-7)8(9)10;/h2-5H,1H3,(H,9,10);/q;+1/p-1. The summed E-state index contributed by atoms with van der Waals surface area (Å²) in [6, 6.07) is 6.03. The summed E-state index contributed by atoms with van der Waals surface area (Å²) in [6.07, 6.45) is 0. The van der Waals surface area contributed by atoms with Crippen molar-refractivity contribution in [1.82, 2.24) is 0 Å². The minimum absolute atomic E-state index is 0. The van der Waals surface area contributed by atoms with Crippen LogP contribution in [0.25, 0.3) is 0 Å². The summed E-state index contributed by atoms with van der Waals surface area (Å²) >= 11 is 0. The second-order valence-electron chi connectivity index (χ2n) is 2.02. The molecule has 0 spiro atoms. The Kier molecular flexibility index (Phi) is 4.97. The number of hydrogen-bond acceptors (Lipinski definition) is 3. The van der Waals surface area contributed by atoms with Crippen LogP contribution in [0.2, 0.25) is 0 Å². The Hall–Kier alpha value is -0.510. The summed E-state index contributed by atoms with van der Waals surface area (Å²) in [5.41, 5.74) is 0.158. The van der Waals surface area contributed by atoms with Crippen LogP contribution in [0.3, 0.4) is 0 Å². The van der Waals surface area contributed by atoms with Crippen molar-refractivity contribution in [1.29, 1.82) is 0 Å². The Morgan fingerprint density at radius 2 is 1.83 bits per heavy atom. The van der Waals surface area contributed by atoms with Gasteiger partial charge in [0, 0.05) is 0 Å². The van der Waals surface area contributed by atoms with Crippen molar-refractivity contribution in [2.45, 2.75) is 0 Å². The molecule has 58 valence electrons. The Morgan fingerprint density at radius 1 is 1.33 bits per heavy atom. The van der Waals surface area contributed by atoms with E-state index in [1.165, 1.54) is 19.2 Å². The van der Waals surface area contributed by atoms with E-state index < -0.39 is 5.97 Å². The fourth-order valence-electron chi connectivity index (χ4n) is 0.727. The van der Waals surface area contributed by atoms with E-state index in [1.54, 1.807) is 12.1 Å². The van der Waals surface area contributed by atoms with E-state index in [4.69, 9.17) is 4.74 Å². The zero-order chi connectivity index (χ0) is 8.27. The summed E-state index contributed by atoms with van der Waals surface area (Å²) in [7, 11) is 1.52. The van der Waals surface area contributed by atoms with Crippen LogP contribution in [-0.2, 0) is 0 Å². The molecule has 12 heavy (non-hydrogen) atoms. The molecular formula is C8H7NaO3. The molecule has 0 unspecified atom stereocenters. The first-order chi connectivity index (χ1) is 5.24. The molecule has 4 heteroatoms. The fourth-order valence-corrected chi connectivity index (χ4v) is 0.727. The molecule has 1 aromatic carbocycles. The third-order valence-corrected chi connectivity index (χ3v) is 1.33. The summed E-state index contributed by atoms with van der Waals surface area (Å²) in [5, 5.41) is 10.2. The molecule has 0 atom stereocenters. The SMILES string of the molecule is COc1ccc(C(=O)[O-])cc1.[Na+]. The summed E-state index contributed by atoms with van der Waals surface area (Å²) in [4.78, 5) is 10.2. The van der Waals surface area contributed by atoms with Gasteiger partial charge in [0.25, 0.3) is 0 Å². The number of hydrogen-bond donors (Lipinski definition) is 0. The summed E-state index contributed by atoms with van der Waals surface area (Å²) in [5.74, 6) is -0.539. The van der Waals surface area contributed by atoms with Gasteiger partial charge in [-0.2, -0.15) is 0 Å². The topological polar surface area (TPSA) is 49.4 Å². The quantitative estimate of drug-likeness (QED) is 0.451. The molecular weight excluding hydrogens is 167 g/mol. The van der Waals surface area contributed by atoms with E-state index in [9.17, 15) is 9.90 Å². The third kappa shape index (κ3) is 2.85. The summed E-state index contributed by atoms with van der Waals surface area (Å²) < 4.78 is 4.84. The van der Waals surface area contributed by atoms with Crippen molar-refractivity contribution in [3.05, 3.63) is 29.8 Å². The zero-order valence-electron chi connectivity index (χ0n) is 7.03. The Balaban J connectivity index is 0.00000121. The molecule has 0 N–H and O–H groups in total. The largest absolute Gasteiger partial charge is 1.00 e. The molecule has 0 heterocycles. The number of benzene rings is 1. The minimum Gasteiger partial charge on any atom is -0.545 e.